The zero-order valence-electron chi connectivity index (χ0n) is 14.5. The Morgan fingerprint density at radius 2 is 1.96 bits per heavy atom. The molecule has 5 heteroatoms. The Morgan fingerprint density at radius 3 is 2.62 bits per heavy atom. The number of benzene rings is 1. The topological polar surface area (TPSA) is 23.6 Å². The first kappa shape index (κ1) is 17.7. The molecule has 1 unspecified atom stereocenters. The van der Waals surface area contributed by atoms with E-state index in [1.807, 2.05) is 18.2 Å². The molecule has 1 aromatic carbocycles. The number of rotatable bonds is 5. The number of hydrogen-bond acceptors (Lipinski definition) is 3. The molecule has 3 rings (SSSR count). The van der Waals surface area contributed by atoms with E-state index in [2.05, 4.69) is 35.8 Å². The Bertz CT molecular complexity index is 588. The SMILES string of the molecule is CCN(CC)C(=S)SC1CCC[C@H]2[C@@H]1C(=O)N2Cc1ccccc1. The summed E-state index contributed by atoms with van der Waals surface area (Å²) in [4.78, 5) is 17.1. The summed E-state index contributed by atoms with van der Waals surface area (Å²) in [6.07, 6.45) is 3.44. The average molecular weight is 363 g/mol. The zero-order chi connectivity index (χ0) is 17.1. The number of carbonyl (C=O) groups excluding carboxylic acids is 1. The molecule has 1 saturated heterocycles. The fraction of sp³-hybridized carbons (Fsp3) is 0.579. The molecule has 1 saturated carbocycles. The molecule has 2 aliphatic rings. The number of thiocarbonyl (C=S) groups is 1. The van der Waals surface area contributed by atoms with E-state index in [1.165, 1.54) is 12.0 Å². The van der Waals surface area contributed by atoms with Crippen molar-refractivity contribution in [2.75, 3.05) is 13.1 Å². The number of carbonyl (C=O) groups is 1. The summed E-state index contributed by atoms with van der Waals surface area (Å²) in [5.41, 5.74) is 1.22. The highest BCUT2D eigenvalue weighted by Gasteiger charge is 2.52. The Kier molecular flexibility index (Phi) is 5.82. The fourth-order valence-corrected chi connectivity index (χ4v) is 5.90. The first-order valence-corrected chi connectivity index (χ1v) is 10.2. The van der Waals surface area contributed by atoms with Gasteiger partial charge in [-0.05, 0) is 32.3 Å². The lowest BCUT2D eigenvalue weighted by Crippen LogP contribution is -2.65. The van der Waals surface area contributed by atoms with E-state index < -0.39 is 0 Å². The molecule has 0 bridgehead atoms. The van der Waals surface area contributed by atoms with E-state index >= 15 is 0 Å². The van der Waals surface area contributed by atoms with Crippen LogP contribution in [0.3, 0.4) is 0 Å². The lowest BCUT2D eigenvalue weighted by atomic mass is 9.75. The van der Waals surface area contributed by atoms with Crippen molar-refractivity contribution in [2.45, 2.75) is 50.9 Å². The summed E-state index contributed by atoms with van der Waals surface area (Å²) in [6.45, 7) is 6.90. The van der Waals surface area contributed by atoms with E-state index in [1.54, 1.807) is 11.8 Å². The first-order valence-electron chi connectivity index (χ1n) is 8.95. The largest absolute Gasteiger partial charge is 0.358 e. The van der Waals surface area contributed by atoms with Crippen molar-refractivity contribution in [3.8, 4) is 0 Å². The van der Waals surface area contributed by atoms with Crippen LogP contribution in [-0.4, -0.2) is 44.4 Å². The Morgan fingerprint density at radius 1 is 1.25 bits per heavy atom. The van der Waals surface area contributed by atoms with Crippen LogP contribution in [0.4, 0.5) is 0 Å². The molecule has 3 atom stereocenters. The van der Waals surface area contributed by atoms with E-state index in [0.717, 1.165) is 36.8 Å². The predicted octanol–water partition coefficient (Wildman–Crippen LogP) is 3.93. The maximum absolute atomic E-state index is 12.8. The van der Waals surface area contributed by atoms with Gasteiger partial charge < -0.3 is 9.80 Å². The Hall–Kier alpha value is -1.07. The summed E-state index contributed by atoms with van der Waals surface area (Å²) in [7, 11) is 0. The van der Waals surface area contributed by atoms with E-state index in [-0.39, 0.29) is 5.92 Å². The summed E-state index contributed by atoms with van der Waals surface area (Å²) < 4.78 is 0.958. The molecule has 130 valence electrons. The van der Waals surface area contributed by atoms with Gasteiger partial charge in [0.15, 0.2) is 0 Å². The number of β-lactam (4-membered cyclic amide) rings is 1. The summed E-state index contributed by atoms with van der Waals surface area (Å²) >= 11 is 7.37. The number of amides is 1. The molecule has 0 radical (unpaired) electrons. The highest BCUT2D eigenvalue weighted by molar-refractivity contribution is 8.23. The van der Waals surface area contributed by atoms with E-state index in [4.69, 9.17) is 12.2 Å². The van der Waals surface area contributed by atoms with Crippen molar-refractivity contribution in [1.29, 1.82) is 0 Å². The maximum atomic E-state index is 12.8. The Labute approximate surface area is 154 Å². The molecule has 1 heterocycles. The van der Waals surface area contributed by atoms with Gasteiger partial charge in [0.05, 0.1) is 5.92 Å². The van der Waals surface area contributed by atoms with Crippen molar-refractivity contribution in [1.82, 2.24) is 9.80 Å². The normalized spacial score (nSPS) is 25.8. The fourth-order valence-electron chi connectivity index (χ4n) is 3.87. The molecular weight excluding hydrogens is 336 g/mol. The third-order valence-corrected chi connectivity index (χ3v) is 7.08. The van der Waals surface area contributed by atoms with E-state index in [9.17, 15) is 4.79 Å². The average Bonchev–Trinajstić information content (AvgIpc) is 2.61. The van der Waals surface area contributed by atoms with Crippen LogP contribution in [-0.2, 0) is 11.3 Å². The van der Waals surface area contributed by atoms with Crippen LogP contribution in [0.1, 0.15) is 38.7 Å². The van der Waals surface area contributed by atoms with Gasteiger partial charge in [0.1, 0.15) is 4.32 Å². The standard InChI is InChI=1S/C19H26N2OS2/c1-3-20(4-2)19(23)24-16-12-8-11-15-17(16)18(22)21(15)13-14-9-6-5-7-10-14/h5-7,9-10,15-17H,3-4,8,11-13H2,1-2H3/t15-,16?,17-/m0/s1. The van der Waals surface area contributed by atoms with Gasteiger partial charge >= 0.3 is 0 Å². The van der Waals surface area contributed by atoms with Crippen LogP contribution >= 0.6 is 24.0 Å². The van der Waals surface area contributed by atoms with Gasteiger partial charge in [-0.1, -0.05) is 60.7 Å². The van der Waals surface area contributed by atoms with Gasteiger partial charge in [-0.15, -0.1) is 0 Å². The van der Waals surface area contributed by atoms with Crippen LogP contribution in [0, 0.1) is 5.92 Å². The van der Waals surface area contributed by atoms with Crippen LogP contribution in [0.15, 0.2) is 30.3 Å². The number of nitrogens with zero attached hydrogens (tertiary/aromatic N) is 2. The second-order valence-electron chi connectivity index (χ2n) is 6.57. The maximum Gasteiger partial charge on any atom is 0.229 e. The number of thioether (sulfide) groups is 1. The smallest absolute Gasteiger partial charge is 0.229 e. The second kappa shape index (κ2) is 7.87. The van der Waals surface area contributed by atoms with Crippen LogP contribution in [0.5, 0.6) is 0 Å². The molecule has 3 nitrogen and oxygen atoms in total. The minimum absolute atomic E-state index is 0.168. The lowest BCUT2D eigenvalue weighted by molar-refractivity contribution is -0.160. The minimum atomic E-state index is 0.168. The Balaban J connectivity index is 1.63. The van der Waals surface area contributed by atoms with Gasteiger partial charge in [0, 0.05) is 30.9 Å². The van der Waals surface area contributed by atoms with Crippen molar-refractivity contribution in [3.63, 3.8) is 0 Å². The summed E-state index contributed by atoms with van der Waals surface area (Å²) in [5.74, 6) is 0.490. The van der Waals surface area contributed by atoms with Crippen LogP contribution < -0.4 is 0 Å². The molecule has 1 amide bonds. The van der Waals surface area contributed by atoms with Crippen LogP contribution in [0.25, 0.3) is 0 Å². The van der Waals surface area contributed by atoms with Gasteiger partial charge in [0.25, 0.3) is 0 Å². The lowest BCUT2D eigenvalue weighted by Gasteiger charge is -2.53. The zero-order valence-corrected chi connectivity index (χ0v) is 16.1. The third kappa shape index (κ3) is 3.47. The molecule has 24 heavy (non-hydrogen) atoms. The van der Waals surface area contributed by atoms with Crippen LogP contribution in [0.2, 0.25) is 0 Å². The molecule has 0 aromatic heterocycles. The molecule has 1 aliphatic carbocycles. The van der Waals surface area contributed by atoms with Gasteiger partial charge in [-0.2, -0.15) is 0 Å². The molecule has 1 aromatic rings. The number of likely N-dealkylation sites (tertiary alicyclic amines) is 1. The summed E-state index contributed by atoms with van der Waals surface area (Å²) in [6, 6.07) is 10.7. The molecule has 1 aliphatic heterocycles. The van der Waals surface area contributed by atoms with Gasteiger partial charge in [-0.3, -0.25) is 4.79 Å². The molecule has 0 N–H and O–H groups in total. The van der Waals surface area contributed by atoms with Gasteiger partial charge in [-0.25, -0.2) is 0 Å². The molecule has 0 spiro atoms. The number of fused-ring (bicyclic) bond motifs is 1. The first-order chi connectivity index (χ1) is 11.7. The van der Waals surface area contributed by atoms with Crippen molar-refractivity contribution >= 4 is 34.2 Å². The molecule has 2 fully saturated rings. The second-order valence-corrected chi connectivity index (χ2v) is 8.44. The highest BCUT2D eigenvalue weighted by atomic mass is 32.2. The predicted molar refractivity (Wildman–Crippen MR) is 105 cm³/mol. The van der Waals surface area contributed by atoms with Crippen molar-refractivity contribution in [3.05, 3.63) is 35.9 Å². The molecular formula is C19H26N2OS2. The van der Waals surface area contributed by atoms with E-state index in [0.29, 0.717) is 17.2 Å². The monoisotopic (exact) mass is 362 g/mol. The van der Waals surface area contributed by atoms with Gasteiger partial charge in [0.2, 0.25) is 5.91 Å². The minimum Gasteiger partial charge on any atom is -0.358 e. The summed E-state index contributed by atoms with van der Waals surface area (Å²) in [5, 5.41) is 0.358. The third-order valence-electron chi connectivity index (χ3n) is 5.24. The highest BCUT2D eigenvalue weighted by Crippen LogP contribution is 2.45. The number of hydrogen-bond donors (Lipinski definition) is 0. The quantitative estimate of drug-likeness (QED) is 0.585. The van der Waals surface area contributed by atoms with Crippen molar-refractivity contribution in [2.24, 2.45) is 5.92 Å². The van der Waals surface area contributed by atoms with Crippen molar-refractivity contribution < 1.29 is 4.79 Å².